The summed E-state index contributed by atoms with van der Waals surface area (Å²) in [6, 6.07) is 5.33. The molecule has 138 valence electrons. The monoisotopic (exact) mass is 396 g/mol. The number of nitrogens with one attached hydrogen (secondary N) is 3. The number of ether oxygens (including phenoxy) is 1. The van der Waals surface area contributed by atoms with Crippen LogP contribution in [0.3, 0.4) is 0 Å². The number of hydrogen-bond acceptors (Lipinski definition) is 6. The van der Waals surface area contributed by atoms with E-state index in [1.807, 2.05) is 6.07 Å². The zero-order valence-electron chi connectivity index (χ0n) is 13.7. The van der Waals surface area contributed by atoms with E-state index in [0.717, 1.165) is 30.5 Å². The summed E-state index contributed by atoms with van der Waals surface area (Å²) >= 11 is 7.11. The standard InChI is InChI=1S/C16H17ClN4O4S/c17-10-1-2-12(21-3-5-25-6-4-21)11(7-10)19-14(22)9-26-13-8-18-16(24)20-15(13)23/h1-2,7-8H,3-6,9H2,(H,19,22)(H2,18,20,23,24). The van der Waals surface area contributed by atoms with Crippen molar-refractivity contribution in [3.05, 3.63) is 50.3 Å². The summed E-state index contributed by atoms with van der Waals surface area (Å²) in [4.78, 5) is 41.9. The maximum atomic E-state index is 12.3. The molecule has 10 heteroatoms. The molecule has 1 aromatic heterocycles. The number of benzene rings is 1. The van der Waals surface area contributed by atoms with Crippen molar-refractivity contribution in [1.29, 1.82) is 0 Å². The smallest absolute Gasteiger partial charge is 0.325 e. The number of anilines is 2. The minimum Gasteiger partial charge on any atom is -0.378 e. The molecule has 1 aliphatic heterocycles. The Balaban J connectivity index is 1.69. The van der Waals surface area contributed by atoms with Gasteiger partial charge in [-0.1, -0.05) is 11.6 Å². The summed E-state index contributed by atoms with van der Waals surface area (Å²) in [6.45, 7) is 2.71. The second kappa shape index (κ2) is 8.43. The lowest BCUT2D eigenvalue weighted by atomic mass is 10.2. The molecule has 2 heterocycles. The number of amides is 1. The number of rotatable bonds is 5. The van der Waals surface area contributed by atoms with Crippen LogP contribution < -0.4 is 21.5 Å². The molecule has 1 aliphatic rings. The molecule has 0 radical (unpaired) electrons. The van der Waals surface area contributed by atoms with Crippen LogP contribution >= 0.6 is 23.4 Å². The number of thioether (sulfide) groups is 1. The number of aromatic amines is 2. The number of hydrogen-bond donors (Lipinski definition) is 3. The molecular weight excluding hydrogens is 380 g/mol. The van der Waals surface area contributed by atoms with E-state index < -0.39 is 11.2 Å². The van der Waals surface area contributed by atoms with Gasteiger partial charge in [0.1, 0.15) is 0 Å². The van der Waals surface area contributed by atoms with Crippen LogP contribution in [0.4, 0.5) is 11.4 Å². The number of aromatic nitrogens is 2. The second-order valence-electron chi connectivity index (χ2n) is 5.53. The number of carbonyl (C=O) groups excluding carboxylic acids is 1. The molecule has 0 bridgehead atoms. The average Bonchev–Trinajstić information content (AvgIpc) is 2.62. The predicted molar refractivity (Wildman–Crippen MR) is 102 cm³/mol. The molecule has 1 saturated heterocycles. The highest BCUT2D eigenvalue weighted by atomic mass is 35.5. The summed E-state index contributed by atoms with van der Waals surface area (Å²) in [5.74, 6) is -0.262. The SMILES string of the molecule is O=C(CSc1c[nH]c(=O)[nH]c1=O)Nc1cc(Cl)ccc1N1CCOCC1. The Morgan fingerprint density at radius 2 is 2.08 bits per heavy atom. The minimum absolute atomic E-state index is 0.0180. The van der Waals surface area contributed by atoms with Crippen molar-refractivity contribution in [2.24, 2.45) is 0 Å². The third-order valence-electron chi connectivity index (χ3n) is 3.73. The molecule has 8 nitrogen and oxygen atoms in total. The van der Waals surface area contributed by atoms with E-state index in [0.29, 0.717) is 23.9 Å². The van der Waals surface area contributed by atoms with Crippen LogP contribution in [0.2, 0.25) is 5.02 Å². The lowest BCUT2D eigenvalue weighted by Crippen LogP contribution is -2.36. The van der Waals surface area contributed by atoms with E-state index in [1.54, 1.807) is 12.1 Å². The molecule has 0 atom stereocenters. The topological polar surface area (TPSA) is 107 Å². The lowest BCUT2D eigenvalue weighted by Gasteiger charge is -2.30. The second-order valence-corrected chi connectivity index (χ2v) is 6.99. The summed E-state index contributed by atoms with van der Waals surface area (Å²) < 4.78 is 5.36. The summed E-state index contributed by atoms with van der Waals surface area (Å²) in [7, 11) is 0. The van der Waals surface area contributed by atoms with Gasteiger partial charge < -0.3 is 19.9 Å². The third-order valence-corrected chi connectivity index (χ3v) is 4.98. The van der Waals surface area contributed by atoms with Crippen molar-refractivity contribution in [2.45, 2.75) is 4.90 Å². The quantitative estimate of drug-likeness (QED) is 0.657. The molecular formula is C16H17ClN4O4S. The highest BCUT2D eigenvalue weighted by Crippen LogP contribution is 2.30. The average molecular weight is 397 g/mol. The molecule has 2 aromatic rings. The fraction of sp³-hybridized carbons (Fsp3) is 0.312. The van der Waals surface area contributed by atoms with Gasteiger partial charge in [0.05, 0.1) is 35.2 Å². The molecule has 3 N–H and O–H groups in total. The Morgan fingerprint density at radius 1 is 1.31 bits per heavy atom. The van der Waals surface area contributed by atoms with E-state index in [-0.39, 0.29) is 16.6 Å². The van der Waals surface area contributed by atoms with Crippen LogP contribution in [0.25, 0.3) is 0 Å². The molecule has 26 heavy (non-hydrogen) atoms. The Kier molecular flexibility index (Phi) is 6.02. The van der Waals surface area contributed by atoms with Crippen molar-refractivity contribution in [1.82, 2.24) is 9.97 Å². The van der Waals surface area contributed by atoms with Crippen molar-refractivity contribution in [3.8, 4) is 0 Å². The normalized spacial score (nSPS) is 14.3. The molecule has 1 aromatic carbocycles. The van der Waals surface area contributed by atoms with Crippen LogP contribution in [0.15, 0.2) is 38.9 Å². The first-order chi connectivity index (χ1) is 12.5. The Labute approximate surface area is 157 Å². The predicted octanol–water partition coefficient (Wildman–Crippen LogP) is 1.28. The van der Waals surface area contributed by atoms with Crippen molar-refractivity contribution >= 4 is 40.6 Å². The van der Waals surface area contributed by atoms with Crippen LogP contribution in [-0.4, -0.2) is 47.9 Å². The largest absolute Gasteiger partial charge is 0.378 e. The Hall–Kier alpha value is -2.23. The van der Waals surface area contributed by atoms with Crippen LogP contribution in [0.5, 0.6) is 0 Å². The number of morpholine rings is 1. The number of halogens is 1. The Bertz CT molecular complexity index is 908. The van der Waals surface area contributed by atoms with Crippen LogP contribution in [0.1, 0.15) is 0 Å². The van der Waals surface area contributed by atoms with Gasteiger partial charge in [0.15, 0.2) is 0 Å². The summed E-state index contributed by atoms with van der Waals surface area (Å²) in [6.07, 6.45) is 1.29. The van der Waals surface area contributed by atoms with Gasteiger partial charge in [-0.15, -0.1) is 11.8 Å². The number of nitrogens with zero attached hydrogens (tertiary/aromatic N) is 1. The van der Waals surface area contributed by atoms with Crippen LogP contribution in [-0.2, 0) is 9.53 Å². The van der Waals surface area contributed by atoms with E-state index in [1.165, 1.54) is 6.20 Å². The van der Waals surface area contributed by atoms with Gasteiger partial charge in [-0.05, 0) is 18.2 Å². The van der Waals surface area contributed by atoms with Gasteiger partial charge in [-0.3, -0.25) is 14.6 Å². The van der Waals surface area contributed by atoms with Gasteiger partial charge in [-0.2, -0.15) is 0 Å². The zero-order valence-corrected chi connectivity index (χ0v) is 15.3. The van der Waals surface area contributed by atoms with Crippen LogP contribution in [0, 0.1) is 0 Å². The highest BCUT2D eigenvalue weighted by molar-refractivity contribution is 8.00. The molecule has 0 unspecified atom stereocenters. The number of carbonyl (C=O) groups is 1. The molecule has 3 rings (SSSR count). The first-order valence-corrected chi connectivity index (χ1v) is 9.26. The summed E-state index contributed by atoms with van der Waals surface area (Å²) in [5, 5.41) is 3.35. The van der Waals surface area contributed by atoms with Gasteiger partial charge in [0, 0.05) is 24.3 Å². The lowest BCUT2D eigenvalue weighted by molar-refractivity contribution is -0.113. The van der Waals surface area contributed by atoms with E-state index >= 15 is 0 Å². The summed E-state index contributed by atoms with van der Waals surface area (Å²) in [5.41, 5.74) is 0.375. The highest BCUT2D eigenvalue weighted by Gasteiger charge is 2.17. The fourth-order valence-corrected chi connectivity index (χ4v) is 3.38. The third kappa shape index (κ3) is 4.69. The first-order valence-electron chi connectivity index (χ1n) is 7.90. The minimum atomic E-state index is -0.585. The fourth-order valence-electron chi connectivity index (χ4n) is 2.52. The Morgan fingerprint density at radius 3 is 2.81 bits per heavy atom. The van der Waals surface area contributed by atoms with E-state index in [2.05, 4.69) is 20.2 Å². The molecule has 1 fully saturated rings. The van der Waals surface area contributed by atoms with Crippen molar-refractivity contribution < 1.29 is 9.53 Å². The number of H-pyrrole nitrogens is 2. The van der Waals surface area contributed by atoms with E-state index in [4.69, 9.17) is 16.3 Å². The maximum absolute atomic E-state index is 12.3. The van der Waals surface area contributed by atoms with E-state index in [9.17, 15) is 14.4 Å². The molecule has 1 amide bonds. The van der Waals surface area contributed by atoms with Crippen molar-refractivity contribution in [3.63, 3.8) is 0 Å². The molecule has 0 spiro atoms. The van der Waals surface area contributed by atoms with Gasteiger partial charge in [0.2, 0.25) is 5.91 Å². The van der Waals surface area contributed by atoms with Gasteiger partial charge in [0.25, 0.3) is 5.56 Å². The first kappa shape index (κ1) is 18.6. The van der Waals surface area contributed by atoms with Gasteiger partial charge >= 0.3 is 5.69 Å². The molecule has 0 saturated carbocycles. The van der Waals surface area contributed by atoms with Gasteiger partial charge in [-0.25, -0.2) is 4.79 Å². The maximum Gasteiger partial charge on any atom is 0.325 e. The zero-order chi connectivity index (χ0) is 18.5. The molecule has 0 aliphatic carbocycles. The van der Waals surface area contributed by atoms with Crippen molar-refractivity contribution in [2.75, 3.05) is 42.3 Å².